The maximum absolute atomic E-state index is 12.0. The van der Waals surface area contributed by atoms with E-state index in [1.807, 2.05) is 20.8 Å². The number of hydrogen-bond donors (Lipinski definition) is 0. The fourth-order valence-corrected chi connectivity index (χ4v) is 2.56. The number of ketones is 1. The Kier molecular flexibility index (Phi) is 3.36. The number of amides is 1. The van der Waals surface area contributed by atoms with Crippen molar-refractivity contribution in [2.75, 3.05) is 19.7 Å². The first-order chi connectivity index (χ1) is 8.30. The molecule has 0 aromatic rings. The van der Waals surface area contributed by atoms with Gasteiger partial charge in [0.15, 0.2) is 5.78 Å². The molecular formula is C13H21NO4. The summed E-state index contributed by atoms with van der Waals surface area (Å²) in [4.78, 5) is 25.2. The number of hydrogen-bond acceptors (Lipinski definition) is 4. The van der Waals surface area contributed by atoms with Crippen LogP contribution >= 0.6 is 0 Å². The third-order valence-electron chi connectivity index (χ3n) is 3.20. The van der Waals surface area contributed by atoms with Gasteiger partial charge in [-0.2, -0.15) is 0 Å². The van der Waals surface area contributed by atoms with Crippen molar-refractivity contribution in [3.8, 4) is 0 Å². The molecule has 2 aliphatic rings. The third kappa shape index (κ3) is 3.02. The second kappa shape index (κ2) is 4.53. The van der Waals surface area contributed by atoms with Gasteiger partial charge in [0.1, 0.15) is 5.60 Å². The van der Waals surface area contributed by atoms with Crippen LogP contribution in [-0.2, 0) is 14.3 Å². The Morgan fingerprint density at radius 2 is 2.17 bits per heavy atom. The average molecular weight is 255 g/mol. The highest BCUT2D eigenvalue weighted by molar-refractivity contribution is 5.86. The highest BCUT2D eigenvalue weighted by Crippen LogP contribution is 2.33. The van der Waals surface area contributed by atoms with Gasteiger partial charge in [0.2, 0.25) is 0 Å². The Bertz CT molecular complexity index is 352. The van der Waals surface area contributed by atoms with Crippen LogP contribution in [0.25, 0.3) is 0 Å². The Morgan fingerprint density at radius 3 is 2.72 bits per heavy atom. The minimum absolute atomic E-state index is 0.0500. The van der Waals surface area contributed by atoms with Gasteiger partial charge >= 0.3 is 6.09 Å². The molecule has 5 nitrogen and oxygen atoms in total. The van der Waals surface area contributed by atoms with E-state index >= 15 is 0 Å². The second-order valence-electron chi connectivity index (χ2n) is 6.19. The van der Waals surface area contributed by atoms with Crippen molar-refractivity contribution >= 4 is 11.9 Å². The first-order valence-electron chi connectivity index (χ1n) is 6.43. The van der Waals surface area contributed by atoms with E-state index in [1.54, 1.807) is 0 Å². The number of ether oxygens (including phenoxy) is 2. The van der Waals surface area contributed by atoms with Crippen LogP contribution in [0.1, 0.15) is 40.0 Å². The first kappa shape index (κ1) is 13.3. The maximum Gasteiger partial charge on any atom is 0.410 e. The van der Waals surface area contributed by atoms with Crippen molar-refractivity contribution in [2.45, 2.75) is 51.2 Å². The molecule has 5 heteroatoms. The van der Waals surface area contributed by atoms with E-state index in [0.29, 0.717) is 19.6 Å². The summed E-state index contributed by atoms with van der Waals surface area (Å²) in [5.41, 5.74) is -0.993. The zero-order valence-corrected chi connectivity index (χ0v) is 11.3. The smallest absolute Gasteiger partial charge is 0.410 e. The van der Waals surface area contributed by atoms with Crippen molar-refractivity contribution in [1.82, 2.24) is 4.90 Å². The predicted octanol–water partition coefficient (Wildman–Crippen LogP) is 1.75. The van der Waals surface area contributed by atoms with Crippen molar-refractivity contribution in [1.29, 1.82) is 0 Å². The van der Waals surface area contributed by atoms with Crippen LogP contribution in [0.4, 0.5) is 4.79 Å². The van der Waals surface area contributed by atoms with Gasteiger partial charge < -0.3 is 9.47 Å². The molecule has 1 amide bonds. The molecule has 0 saturated carbocycles. The molecule has 2 aliphatic heterocycles. The van der Waals surface area contributed by atoms with Gasteiger partial charge in [0.05, 0.1) is 18.7 Å². The quantitative estimate of drug-likeness (QED) is 0.661. The van der Waals surface area contributed by atoms with E-state index in [-0.39, 0.29) is 12.3 Å². The van der Waals surface area contributed by atoms with Gasteiger partial charge in [-0.05, 0) is 33.6 Å². The minimum atomic E-state index is -0.540. The summed E-state index contributed by atoms with van der Waals surface area (Å²) in [5.74, 6) is 0.0500. The lowest BCUT2D eigenvalue weighted by Gasteiger charge is -2.39. The lowest BCUT2D eigenvalue weighted by Crippen LogP contribution is -2.54. The summed E-state index contributed by atoms with van der Waals surface area (Å²) < 4.78 is 11.0. The lowest BCUT2D eigenvalue weighted by molar-refractivity contribution is -0.133. The topological polar surface area (TPSA) is 55.8 Å². The van der Waals surface area contributed by atoms with E-state index in [1.165, 1.54) is 4.90 Å². The second-order valence-corrected chi connectivity index (χ2v) is 6.19. The van der Waals surface area contributed by atoms with Gasteiger partial charge in [0.25, 0.3) is 0 Å². The van der Waals surface area contributed by atoms with Crippen LogP contribution in [0.3, 0.4) is 0 Å². The van der Waals surface area contributed by atoms with Crippen LogP contribution in [-0.4, -0.2) is 47.7 Å². The van der Waals surface area contributed by atoms with Crippen LogP contribution < -0.4 is 0 Å². The molecule has 1 unspecified atom stereocenters. The Morgan fingerprint density at radius 1 is 1.44 bits per heavy atom. The number of rotatable bonds is 0. The number of nitrogens with zero attached hydrogens (tertiary/aromatic N) is 1. The van der Waals surface area contributed by atoms with Crippen LogP contribution in [0.5, 0.6) is 0 Å². The van der Waals surface area contributed by atoms with Crippen molar-refractivity contribution in [3.05, 3.63) is 0 Å². The molecule has 2 fully saturated rings. The van der Waals surface area contributed by atoms with Crippen molar-refractivity contribution in [3.63, 3.8) is 0 Å². The zero-order valence-electron chi connectivity index (χ0n) is 11.3. The summed E-state index contributed by atoms with van der Waals surface area (Å²) in [6.07, 6.45) is 1.80. The molecule has 2 rings (SSSR count). The number of carbonyl (C=O) groups is 2. The molecule has 0 aromatic heterocycles. The molecule has 0 N–H and O–H groups in total. The van der Waals surface area contributed by atoms with Gasteiger partial charge in [-0.25, -0.2) is 4.79 Å². The average Bonchev–Trinajstić information content (AvgIpc) is 2.62. The monoisotopic (exact) mass is 255 g/mol. The van der Waals surface area contributed by atoms with E-state index in [4.69, 9.17) is 9.47 Å². The number of Topliss-reactive ketones (excluding diaryl/α,β-unsaturated/α-hetero) is 1. The fourth-order valence-electron chi connectivity index (χ4n) is 2.56. The number of likely N-dealkylation sites (tertiary alicyclic amines) is 1. The normalized spacial score (nSPS) is 28.8. The van der Waals surface area contributed by atoms with Crippen LogP contribution in [0.15, 0.2) is 0 Å². The van der Waals surface area contributed by atoms with E-state index < -0.39 is 17.3 Å². The van der Waals surface area contributed by atoms with Crippen molar-refractivity contribution < 1.29 is 19.1 Å². The van der Waals surface area contributed by atoms with E-state index in [2.05, 4.69) is 0 Å². The largest absolute Gasteiger partial charge is 0.444 e. The molecular weight excluding hydrogens is 234 g/mol. The minimum Gasteiger partial charge on any atom is -0.444 e. The Balaban J connectivity index is 2.04. The highest BCUT2D eigenvalue weighted by Gasteiger charge is 2.44. The molecule has 18 heavy (non-hydrogen) atoms. The summed E-state index contributed by atoms with van der Waals surface area (Å²) in [7, 11) is 0. The molecule has 1 atom stereocenters. The predicted molar refractivity (Wildman–Crippen MR) is 65.3 cm³/mol. The SMILES string of the molecule is CC(C)(C)OC(=O)N1CC(=O)CC2(CCCO2)C1. The lowest BCUT2D eigenvalue weighted by atomic mass is 9.89. The zero-order chi connectivity index (χ0) is 13.4. The van der Waals surface area contributed by atoms with Gasteiger partial charge in [-0.3, -0.25) is 9.69 Å². The summed E-state index contributed by atoms with van der Waals surface area (Å²) in [6.45, 7) is 6.73. The standard InChI is InChI=1S/C13H21NO4/c1-12(2,3)18-11(16)14-8-10(15)7-13(9-14)5-4-6-17-13/h4-9H2,1-3H3. The molecule has 0 aliphatic carbocycles. The van der Waals surface area contributed by atoms with Gasteiger partial charge in [0, 0.05) is 13.0 Å². The highest BCUT2D eigenvalue weighted by atomic mass is 16.6. The maximum atomic E-state index is 12.0. The summed E-state index contributed by atoms with van der Waals surface area (Å²) in [5, 5.41) is 0. The number of carbonyl (C=O) groups excluding carboxylic acids is 2. The molecule has 0 bridgehead atoms. The molecule has 0 radical (unpaired) electrons. The molecule has 1 spiro atoms. The first-order valence-corrected chi connectivity index (χ1v) is 6.43. The Hall–Kier alpha value is -1.10. The summed E-state index contributed by atoms with van der Waals surface area (Å²) >= 11 is 0. The van der Waals surface area contributed by atoms with Gasteiger partial charge in [-0.1, -0.05) is 0 Å². The number of piperidine rings is 1. The van der Waals surface area contributed by atoms with Crippen LogP contribution in [0, 0.1) is 0 Å². The van der Waals surface area contributed by atoms with E-state index in [0.717, 1.165) is 12.8 Å². The molecule has 0 aromatic carbocycles. The van der Waals surface area contributed by atoms with Crippen molar-refractivity contribution in [2.24, 2.45) is 0 Å². The van der Waals surface area contributed by atoms with E-state index in [9.17, 15) is 9.59 Å². The summed E-state index contributed by atoms with van der Waals surface area (Å²) in [6, 6.07) is 0. The molecule has 2 saturated heterocycles. The third-order valence-corrected chi connectivity index (χ3v) is 3.20. The fraction of sp³-hybridized carbons (Fsp3) is 0.846. The van der Waals surface area contributed by atoms with Crippen LogP contribution in [0.2, 0.25) is 0 Å². The van der Waals surface area contributed by atoms with Gasteiger partial charge in [-0.15, -0.1) is 0 Å². The Labute approximate surface area is 107 Å². The molecule has 2 heterocycles. The molecule has 102 valence electrons.